The summed E-state index contributed by atoms with van der Waals surface area (Å²) in [5.41, 5.74) is 3.01. The lowest BCUT2D eigenvalue weighted by molar-refractivity contribution is -0.140. The summed E-state index contributed by atoms with van der Waals surface area (Å²) in [6, 6.07) is 6.02. The molecule has 1 aromatic carbocycles. The minimum atomic E-state index is -0.377. The van der Waals surface area contributed by atoms with Gasteiger partial charge in [0.05, 0.1) is 19.2 Å². The molecule has 0 saturated heterocycles. The van der Waals surface area contributed by atoms with E-state index in [1.165, 1.54) is 19.2 Å². The second kappa shape index (κ2) is 6.82. The average Bonchev–Trinajstić information content (AvgIpc) is 3.17. The number of carbonyl (C=O) groups excluding carboxylic acids is 2. The van der Waals surface area contributed by atoms with Crippen LogP contribution in [0.1, 0.15) is 34.6 Å². The molecular formula is C17H18FN3O3. The Hall–Kier alpha value is -2.70. The van der Waals surface area contributed by atoms with Crippen molar-refractivity contribution in [3.63, 3.8) is 0 Å². The van der Waals surface area contributed by atoms with Gasteiger partial charge in [-0.15, -0.1) is 0 Å². The Morgan fingerprint density at radius 2 is 2.04 bits per heavy atom. The number of carbonyl (C=O) groups is 2. The van der Waals surface area contributed by atoms with Crippen molar-refractivity contribution in [1.82, 2.24) is 15.1 Å². The molecule has 0 radical (unpaired) electrons. The van der Waals surface area contributed by atoms with Gasteiger partial charge in [0.15, 0.2) is 5.69 Å². The average molecular weight is 331 g/mol. The van der Waals surface area contributed by atoms with Crippen LogP contribution in [-0.4, -0.2) is 35.3 Å². The molecule has 1 N–H and O–H groups in total. The van der Waals surface area contributed by atoms with Crippen molar-refractivity contribution >= 4 is 11.9 Å². The molecule has 1 aliphatic carbocycles. The Bertz CT molecular complexity index is 768. The summed E-state index contributed by atoms with van der Waals surface area (Å²) >= 11 is 0. The van der Waals surface area contributed by atoms with E-state index in [1.807, 2.05) is 0 Å². The molecule has 0 saturated carbocycles. The van der Waals surface area contributed by atoms with Crippen LogP contribution < -0.4 is 5.32 Å². The van der Waals surface area contributed by atoms with Crippen LogP contribution in [0.15, 0.2) is 24.3 Å². The zero-order chi connectivity index (χ0) is 17.1. The standard InChI is InChI=1S/C17H18FN3O3/c1-24-15(22)9-10-19-17(23)16-13-3-2-4-14(13)21(20-16)12-7-5-11(18)6-8-12/h5-8H,2-4,9-10H2,1H3,(H,19,23). The minimum Gasteiger partial charge on any atom is -0.469 e. The van der Waals surface area contributed by atoms with Crippen LogP contribution in [0.5, 0.6) is 0 Å². The third kappa shape index (κ3) is 3.15. The highest BCUT2D eigenvalue weighted by Gasteiger charge is 2.26. The van der Waals surface area contributed by atoms with E-state index in [4.69, 9.17) is 0 Å². The molecule has 1 heterocycles. The summed E-state index contributed by atoms with van der Waals surface area (Å²) in [6.45, 7) is 0.198. The Morgan fingerprint density at radius 3 is 2.75 bits per heavy atom. The minimum absolute atomic E-state index is 0.114. The van der Waals surface area contributed by atoms with Gasteiger partial charge in [-0.3, -0.25) is 9.59 Å². The number of nitrogens with zero attached hydrogens (tertiary/aromatic N) is 2. The first-order chi connectivity index (χ1) is 11.6. The van der Waals surface area contributed by atoms with Crippen LogP contribution >= 0.6 is 0 Å². The van der Waals surface area contributed by atoms with Gasteiger partial charge in [-0.2, -0.15) is 5.10 Å². The third-order valence-electron chi connectivity index (χ3n) is 4.06. The quantitative estimate of drug-likeness (QED) is 0.848. The number of halogens is 1. The van der Waals surface area contributed by atoms with Crippen LogP contribution in [0.25, 0.3) is 5.69 Å². The van der Waals surface area contributed by atoms with Gasteiger partial charge in [-0.05, 0) is 43.5 Å². The van der Waals surface area contributed by atoms with Crippen LogP contribution in [0, 0.1) is 5.82 Å². The van der Waals surface area contributed by atoms with Crippen LogP contribution in [-0.2, 0) is 22.4 Å². The number of hydrogen-bond acceptors (Lipinski definition) is 4. The molecule has 0 spiro atoms. The molecule has 2 aromatic rings. The molecule has 0 bridgehead atoms. The first-order valence-corrected chi connectivity index (χ1v) is 7.82. The maximum Gasteiger partial charge on any atom is 0.307 e. The topological polar surface area (TPSA) is 73.2 Å². The maximum absolute atomic E-state index is 13.1. The first-order valence-electron chi connectivity index (χ1n) is 7.82. The fourth-order valence-electron chi connectivity index (χ4n) is 2.88. The van der Waals surface area contributed by atoms with Gasteiger partial charge in [0.2, 0.25) is 0 Å². The number of benzene rings is 1. The van der Waals surface area contributed by atoms with Crippen molar-refractivity contribution < 1.29 is 18.7 Å². The molecule has 0 atom stereocenters. The molecule has 6 nitrogen and oxygen atoms in total. The van der Waals surface area contributed by atoms with Crippen LogP contribution in [0.3, 0.4) is 0 Å². The smallest absolute Gasteiger partial charge is 0.307 e. The van der Waals surface area contributed by atoms with Gasteiger partial charge in [-0.1, -0.05) is 0 Å². The molecular weight excluding hydrogens is 313 g/mol. The number of rotatable bonds is 5. The van der Waals surface area contributed by atoms with E-state index >= 15 is 0 Å². The van der Waals surface area contributed by atoms with E-state index in [0.717, 1.165) is 36.2 Å². The predicted molar refractivity (Wildman–Crippen MR) is 84.5 cm³/mol. The second-order valence-electron chi connectivity index (χ2n) is 5.60. The van der Waals surface area contributed by atoms with Gasteiger partial charge < -0.3 is 10.1 Å². The molecule has 7 heteroatoms. The van der Waals surface area contributed by atoms with Gasteiger partial charge in [0.1, 0.15) is 5.82 Å². The Balaban J connectivity index is 1.82. The number of hydrogen-bond donors (Lipinski definition) is 1. The number of methoxy groups -OCH3 is 1. The lowest BCUT2D eigenvalue weighted by Gasteiger charge is -2.05. The molecule has 0 fully saturated rings. The monoisotopic (exact) mass is 331 g/mol. The highest BCUT2D eigenvalue weighted by atomic mass is 19.1. The predicted octanol–water partition coefficient (Wildman–Crippen LogP) is 1.79. The van der Waals surface area contributed by atoms with Crippen molar-refractivity contribution in [2.24, 2.45) is 0 Å². The zero-order valence-corrected chi connectivity index (χ0v) is 13.3. The summed E-state index contributed by atoms with van der Waals surface area (Å²) in [6.07, 6.45) is 2.69. The van der Waals surface area contributed by atoms with E-state index in [-0.39, 0.29) is 30.7 Å². The number of aromatic nitrogens is 2. The Kier molecular flexibility index (Phi) is 4.59. The van der Waals surface area contributed by atoms with E-state index in [0.29, 0.717) is 5.69 Å². The van der Waals surface area contributed by atoms with E-state index in [1.54, 1.807) is 16.8 Å². The van der Waals surface area contributed by atoms with Crippen molar-refractivity contribution in [2.75, 3.05) is 13.7 Å². The number of esters is 1. The zero-order valence-electron chi connectivity index (χ0n) is 13.3. The van der Waals surface area contributed by atoms with E-state index in [2.05, 4.69) is 15.2 Å². The molecule has 1 amide bonds. The van der Waals surface area contributed by atoms with Gasteiger partial charge >= 0.3 is 5.97 Å². The van der Waals surface area contributed by atoms with Crippen molar-refractivity contribution in [1.29, 1.82) is 0 Å². The Labute approximate surface area is 138 Å². The molecule has 1 aliphatic rings. The SMILES string of the molecule is COC(=O)CCNC(=O)c1nn(-c2ccc(F)cc2)c2c1CCC2. The van der Waals surface area contributed by atoms with Gasteiger partial charge in [0, 0.05) is 17.8 Å². The second-order valence-corrected chi connectivity index (χ2v) is 5.60. The Morgan fingerprint density at radius 1 is 1.29 bits per heavy atom. The normalized spacial score (nSPS) is 12.8. The van der Waals surface area contributed by atoms with Gasteiger partial charge in [0.25, 0.3) is 5.91 Å². The third-order valence-corrected chi connectivity index (χ3v) is 4.06. The number of amides is 1. The highest BCUT2D eigenvalue weighted by molar-refractivity contribution is 5.94. The van der Waals surface area contributed by atoms with Crippen molar-refractivity contribution in [3.05, 3.63) is 47.0 Å². The first kappa shape index (κ1) is 16.2. The molecule has 24 heavy (non-hydrogen) atoms. The molecule has 0 unspecified atom stereocenters. The molecule has 126 valence electrons. The van der Waals surface area contributed by atoms with Crippen molar-refractivity contribution in [3.8, 4) is 5.69 Å². The lowest BCUT2D eigenvalue weighted by atomic mass is 10.2. The fourth-order valence-corrected chi connectivity index (χ4v) is 2.88. The van der Waals surface area contributed by atoms with Crippen LogP contribution in [0.4, 0.5) is 4.39 Å². The number of nitrogens with one attached hydrogen (secondary N) is 1. The van der Waals surface area contributed by atoms with Crippen LogP contribution in [0.2, 0.25) is 0 Å². The summed E-state index contributed by atoms with van der Waals surface area (Å²) in [7, 11) is 1.31. The van der Waals surface area contributed by atoms with Gasteiger partial charge in [-0.25, -0.2) is 9.07 Å². The van der Waals surface area contributed by atoms with E-state index in [9.17, 15) is 14.0 Å². The molecule has 1 aromatic heterocycles. The largest absolute Gasteiger partial charge is 0.469 e. The summed E-state index contributed by atoms with van der Waals surface area (Å²) < 4.78 is 19.4. The highest BCUT2D eigenvalue weighted by Crippen LogP contribution is 2.27. The lowest BCUT2D eigenvalue weighted by Crippen LogP contribution is -2.27. The van der Waals surface area contributed by atoms with E-state index < -0.39 is 0 Å². The number of fused-ring (bicyclic) bond motifs is 1. The fraction of sp³-hybridized carbons (Fsp3) is 0.353. The van der Waals surface area contributed by atoms with Crippen molar-refractivity contribution in [2.45, 2.75) is 25.7 Å². The molecule has 0 aliphatic heterocycles. The summed E-state index contributed by atoms with van der Waals surface area (Å²) in [5, 5.41) is 7.11. The summed E-state index contributed by atoms with van der Waals surface area (Å²) in [5.74, 6) is -1.00. The molecule has 3 rings (SSSR count). The summed E-state index contributed by atoms with van der Waals surface area (Å²) in [4.78, 5) is 23.5. The number of ether oxygens (including phenoxy) is 1. The maximum atomic E-state index is 13.1.